The molecular formula is C23H23FN6O3S. The van der Waals surface area contributed by atoms with E-state index in [1.165, 1.54) is 27.4 Å². The normalized spacial score (nSPS) is 24.6. The van der Waals surface area contributed by atoms with E-state index in [9.17, 15) is 17.9 Å². The molecule has 2 aromatic heterocycles. The van der Waals surface area contributed by atoms with Crippen LogP contribution in [0, 0.1) is 24.6 Å². The van der Waals surface area contributed by atoms with Crippen LogP contribution in [-0.2, 0) is 22.5 Å². The van der Waals surface area contributed by atoms with Gasteiger partial charge in [0.15, 0.2) is 0 Å². The predicted molar refractivity (Wildman–Crippen MR) is 121 cm³/mol. The fraction of sp³-hybridized carbons (Fsp3) is 0.348. The predicted octanol–water partition coefficient (Wildman–Crippen LogP) is 1.78. The van der Waals surface area contributed by atoms with Crippen molar-refractivity contribution in [2.75, 3.05) is 19.7 Å². The fourth-order valence-corrected chi connectivity index (χ4v) is 7.12. The summed E-state index contributed by atoms with van der Waals surface area (Å²) in [6, 6.07) is 10.2. The van der Waals surface area contributed by atoms with Crippen LogP contribution < -0.4 is 0 Å². The summed E-state index contributed by atoms with van der Waals surface area (Å²) < 4.78 is 42.9. The van der Waals surface area contributed by atoms with Crippen molar-refractivity contribution in [2.24, 2.45) is 18.9 Å². The van der Waals surface area contributed by atoms with E-state index in [1.54, 1.807) is 30.1 Å². The lowest BCUT2D eigenvalue weighted by Crippen LogP contribution is -2.35. The molecule has 1 aliphatic carbocycles. The van der Waals surface area contributed by atoms with Gasteiger partial charge in [0.2, 0.25) is 5.03 Å². The second-order valence-corrected chi connectivity index (χ2v) is 11.0. The van der Waals surface area contributed by atoms with Gasteiger partial charge in [-0.1, -0.05) is 0 Å². The molecule has 11 heteroatoms. The van der Waals surface area contributed by atoms with Crippen molar-refractivity contribution in [3.8, 4) is 5.69 Å². The molecule has 3 heterocycles. The number of fused-ring (bicyclic) bond motifs is 2. The van der Waals surface area contributed by atoms with Gasteiger partial charge in [-0.2, -0.15) is 19.3 Å². The summed E-state index contributed by atoms with van der Waals surface area (Å²) >= 11 is 0. The van der Waals surface area contributed by atoms with Gasteiger partial charge in [0.05, 0.1) is 23.6 Å². The van der Waals surface area contributed by atoms with Gasteiger partial charge in [-0.15, -0.1) is 5.10 Å². The highest BCUT2D eigenvalue weighted by Gasteiger charge is 2.71. The number of aliphatic hydroxyl groups excluding tert-OH is 1. The van der Waals surface area contributed by atoms with Gasteiger partial charge >= 0.3 is 0 Å². The molecule has 34 heavy (non-hydrogen) atoms. The molecule has 9 nitrogen and oxygen atoms in total. The highest BCUT2D eigenvalue weighted by Crippen LogP contribution is 2.65. The van der Waals surface area contributed by atoms with Gasteiger partial charge in [0, 0.05) is 37.5 Å². The zero-order chi connectivity index (χ0) is 23.8. The second-order valence-electron chi connectivity index (χ2n) is 9.16. The van der Waals surface area contributed by atoms with E-state index in [2.05, 4.69) is 21.4 Å². The first-order chi connectivity index (χ1) is 16.3. The largest absolute Gasteiger partial charge is 0.396 e. The first kappa shape index (κ1) is 21.4. The molecule has 0 amide bonds. The van der Waals surface area contributed by atoms with E-state index in [0.29, 0.717) is 6.54 Å². The Morgan fingerprint density at radius 3 is 2.62 bits per heavy atom. The molecule has 1 saturated heterocycles. The summed E-state index contributed by atoms with van der Waals surface area (Å²) in [6.45, 7) is 2.60. The molecule has 3 atom stereocenters. The van der Waals surface area contributed by atoms with Crippen LogP contribution in [-0.4, -0.2) is 62.3 Å². The van der Waals surface area contributed by atoms with Crippen molar-refractivity contribution in [1.29, 1.82) is 0 Å². The Balaban J connectivity index is 1.40. The Kier molecular flexibility index (Phi) is 4.51. The molecule has 2 aliphatic rings. The number of hydrogen-bond donors (Lipinski definition) is 1. The minimum absolute atomic E-state index is 0.00395. The minimum Gasteiger partial charge on any atom is -0.396 e. The molecule has 6 rings (SSSR count). The summed E-state index contributed by atoms with van der Waals surface area (Å²) in [5, 5.41) is 23.3. The zero-order valence-electron chi connectivity index (χ0n) is 18.6. The Bertz CT molecular complexity index is 1530. The summed E-state index contributed by atoms with van der Waals surface area (Å²) in [7, 11) is -2.20. The SMILES string of the molecule is Cc1cc2c(cnn2-c2ccc(F)cc2)cc1[C@]12CN(S(=O)(=O)c3cnn(C)n3)C[C@H]1[C@H]2CO. The lowest BCUT2D eigenvalue weighted by atomic mass is 9.88. The highest BCUT2D eigenvalue weighted by molar-refractivity contribution is 7.89. The average Bonchev–Trinajstić information content (AvgIpc) is 3.26. The van der Waals surface area contributed by atoms with Gasteiger partial charge < -0.3 is 5.11 Å². The Morgan fingerprint density at radius 2 is 1.94 bits per heavy atom. The molecule has 1 N–H and O–H groups in total. The second kappa shape index (κ2) is 7.17. The van der Waals surface area contributed by atoms with Crippen molar-refractivity contribution in [2.45, 2.75) is 17.4 Å². The number of aliphatic hydroxyl groups is 1. The zero-order valence-corrected chi connectivity index (χ0v) is 19.4. The van der Waals surface area contributed by atoms with Gasteiger partial charge in [-0.3, -0.25) is 0 Å². The molecule has 176 valence electrons. The number of piperidine rings is 1. The molecule has 2 aromatic carbocycles. The Hall–Kier alpha value is -3.15. The molecule has 2 fully saturated rings. The number of halogens is 1. The smallest absolute Gasteiger partial charge is 0.264 e. The Labute approximate surface area is 195 Å². The molecular weight excluding hydrogens is 459 g/mol. The van der Waals surface area contributed by atoms with Crippen molar-refractivity contribution >= 4 is 20.9 Å². The summed E-state index contributed by atoms with van der Waals surface area (Å²) in [6.07, 6.45) is 3.02. The van der Waals surface area contributed by atoms with Crippen LogP contribution >= 0.6 is 0 Å². The van der Waals surface area contributed by atoms with Crippen molar-refractivity contribution in [3.05, 3.63) is 65.7 Å². The number of rotatable bonds is 5. The molecule has 1 aliphatic heterocycles. The number of hydrogen-bond acceptors (Lipinski definition) is 6. The molecule has 0 unspecified atom stereocenters. The minimum atomic E-state index is -3.78. The van der Waals surface area contributed by atoms with E-state index in [1.807, 2.05) is 13.0 Å². The number of benzene rings is 2. The van der Waals surface area contributed by atoms with E-state index >= 15 is 0 Å². The van der Waals surface area contributed by atoms with E-state index < -0.39 is 15.4 Å². The highest BCUT2D eigenvalue weighted by atomic mass is 32.2. The van der Waals surface area contributed by atoms with Crippen molar-refractivity contribution < 1.29 is 17.9 Å². The number of aromatic nitrogens is 5. The molecule has 0 radical (unpaired) electrons. The van der Waals surface area contributed by atoms with Crippen LogP contribution in [0.15, 0.2) is 53.8 Å². The van der Waals surface area contributed by atoms with E-state index in [4.69, 9.17) is 0 Å². The lowest BCUT2D eigenvalue weighted by molar-refractivity contribution is 0.241. The van der Waals surface area contributed by atoms with Gasteiger partial charge in [0.1, 0.15) is 5.82 Å². The summed E-state index contributed by atoms with van der Waals surface area (Å²) in [5.41, 5.74) is 3.20. The van der Waals surface area contributed by atoms with Gasteiger partial charge in [0.25, 0.3) is 10.0 Å². The summed E-state index contributed by atoms with van der Waals surface area (Å²) in [5.74, 6) is -0.300. The average molecular weight is 483 g/mol. The van der Waals surface area contributed by atoms with Gasteiger partial charge in [-0.05, 0) is 66.3 Å². The van der Waals surface area contributed by atoms with E-state index in [-0.39, 0.29) is 35.8 Å². The van der Waals surface area contributed by atoms with Crippen LogP contribution in [0.2, 0.25) is 0 Å². The van der Waals surface area contributed by atoms with Crippen molar-refractivity contribution in [3.63, 3.8) is 0 Å². The topological polar surface area (TPSA) is 106 Å². The molecule has 4 aromatic rings. The maximum absolute atomic E-state index is 13.4. The third-order valence-electron chi connectivity index (χ3n) is 7.40. The molecule has 0 bridgehead atoms. The molecule has 0 spiro atoms. The van der Waals surface area contributed by atoms with Crippen LogP contribution in [0.25, 0.3) is 16.6 Å². The monoisotopic (exact) mass is 482 g/mol. The standard InChI is InChI=1S/C23H23FN6O3S/c1-14-7-21-15(9-26-30(21)17-5-3-16(24)4-6-17)8-18(14)23-13-29(11-19(23)20(23)12-31)34(32,33)22-10-25-28(2)27-22/h3-10,19-20,31H,11-13H2,1-2H3/t19-,20+,23+/m0/s1. The van der Waals surface area contributed by atoms with Crippen LogP contribution in [0.5, 0.6) is 0 Å². The third-order valence-corrected chi connectivity index (χ3v) is 9.08. The van der Waals surface area contributed by atoms with Crippen molar-refractivity contribution in [1.82, 2.24) is 29.1 Å². The lowest BCUT2D eigenvalue weighted by Gasteiger charge is -2.24. The maximum Gasteiger partial charge on any atom is 0.264 e. The number of nitrogens with zero attached hydrogens (tertiary/aromatic N) is 6. The quantitative estimate of drug-likeness (QED) is 0.465. The fourth-order valence-electron chi connectivity index (χ4n) is 5.71. The van der Waals surface area contributed by atoms with Crippen LogP contribution in [0.1, 0.15) is 11.1 Å². The number of sulfonamides is 1. The van der Waals surface area contributed by atoms with E-state index in [0.717, 1.165) is 27.7 Å². The van der Waals surface area contributed by atoms with Crippen LogP contribution in [0.4, 0.5) is 4.39 Å². The van der Waals surface area contributed by atoms with Crippen LogP contribution in [0.3, 0.4) is 0 Å². The Morgan fingerprint density at radius 1 is 1.18 bits per heavy atom. The molecule has 1 saturated carbocycles. The summed E-state index contributed by atoms with van der Waals surface area (Å²) in [4.78, 5) is 1.23. The first-order valence-electron chi connectivity index (χ1n) is 11.0. The maximum atomic E-state index is 13.4. The first-order valence-corrected chi connectivity index (χ1v) is 12.4. The van der Waals surface area contributed by atoms with Gasteiger partial charge in [-0.25, -0.2) is 17.5 Å². The number of aryl methyl sites for hydroxylation is 2. The third kappa shape index (κ3) is 2.90.